The summed E-state index contributed by atoms with van der Waals surface area (Å²) >= 11 is 0. The molecule has 0 amide bonds. The van der Waals surface area contributed by atoms with Gasteiger partial charge in [-0.2, -0.15) is 0 Å². The largest absolute Gasteiger partial charge is 0.494 e. The standard InChI is InChI=1S/C45H63NO9/c1-4-7-10-13-31-50-40-22-16-37(17-23-40)43(47)53-34-28-46(29-35-54-44(48)38-18-24-41(25-19-38)51-32-14-11-8-5-2)30-36-55-45(49)39-20-26-42(27-21-39)52-33-15-12-9-6-3/h16-27H,4-15,28-36H2,1-3H3. The van der Waals surface area contributed by atoms with Crippen LogP contribution < -0.4 is 14.2 Å². The summed E-state index contributed by atoms with van der Waals surface area (Å²) in [6.45, 7) is 9.76. The van der Waals surface area contributed by atoms with Gasteiger partial charge >= 0.3 is 17.9 Å². The Morgan fingerprint density at radius 3 is 0.909 bits per heavy atom. The first-order valence-electron chi connectivity index (χ1n) is 20.4. The van der Waals surface area contributed by atoms with Crippen molar-refractivity contribution in [2.24, 2.45) is 0 Å². The predicted molar refractivity (Wildman–Crippen MR) is 216 cm³/mol. The highest BCUT2D eigenvalue weighted by Crippen LogP contribution is 2.17. The molecule has 3 aromatic carbocycles. The monoisotopic (exact) mass is 761 g/mol. The van der Waals surface area contributed by atoms with E-state index in [-0.39, 0.29) is 19.8 Å². The number of carbonyl (C=O) groups excluding carboxylic acids is 3. The molecule has 0 saturated heterocycles. The fraction of sp³-hybridized carbons (Fsp3) is 0.533. The number of rotatable bonds is 30. The van der Waals surface area contributed by atoms with Crippen molar-refractivity contribution < 1.29 is 42.8 Å². The second-order valence-electron chi connectivity index (χ2n) is 13.5. The molecular weight excluding hydrogens is 698 g/mol. The highest BCUT2D eigenvalue weighted by atomic mass is 16.5. The van der Waals surface area contributed by atoms with Crippen LogP contribution in [0.3, 0.4) is 0 Å². The predicted octanol–water partition coefficient (Wildman–Crippen LogP) is 9.74. The molecule has 0 fully saturated rings. The number of nitrogens with zero attached hydrogens (tertiary/aromatic N) is 1. The molecule has 0 N–H and O–H groups in total. The Labute approximate surface area is 328 Å². The molecule has 0 heterocycles. The summed E-state index contributed by atoms with van der Waals surface area (Å²) in [4.78, 5) is 40.3. The Balaban J connectivity index is 1.48. The minimum absolute atomic E-state index is 0.0935. The molecule has 10 nitrogen and oxygen atoms in total. The number of esters is 3. The quantitative estimate of drug-likeness (QED) is 0.0370. The summed E-state index contributed by atoms with van der Waals surface area (Å²) in [5.41, 5.74) is 1.27. The van der Waals surface area contributed by atoms with Crippen LogP contribution in [0, 0.1) is 0 Å². The van der Waals surface area contributed by atoms with Crippen molar-refractivity contribution in [2.75, 3.05) is 59.3 Å². The SMILES string of the molecule is CCCCCCOc1ccc(C(=O)OCCN(CCOC(=O)c2ccc(OCCCCCC)cc2)CCOC(=O)c2ccc(OCCCCCC)cc2)cc1. The van der Waals surface area contributed by atoms with Gasteiger partial charge in [0.05, 0.1) is 36.5 Å². The first-order chi connectivity index (χ1) is 26.9. The molecule has 0 aliphatic heterocycles. The van der Waals surface area contributed by atoms with Gasteiger partial charge in [-0.15, -0.1) is 0 Å². The third-order valence-corrected chi connectivity index (χ3v) is 8.99. The van der Waals surface area contributed by atoms with Crippen molar-refractivity contribution >= 4 is 17.9 Å². The van der Waals surface area contributed by atoms with Crippen molar-refractivity contribution in [3.05, 3.63) is 89.5 Å². The normalized spacial score (nSPS) is 10.9. The van der Waals surface area contributed by atoms with Crippen LogP contribution in [0.5, 0.6) is 17.2 Å². The third kappa shape index (κ3) is 19.0. The molecule has 0 bridgehead atoms. The highest BCUT2D eigenvalue weighted by Gasteiger charge is 2.14. The molecule has 0 spiro atoms. The molecule has 3 aromatic rings. The van der Waals surface area contributed by atoms with E-state index < -0.39 is 17.9 Å². The van der Waals surface area contributed by atoms with Crippen LogP contribution in [0.1, 0.15) is 129 Å². The molecule has 0 unspecified atom stereocenters. The maximum Gasteiger partial charge on any atom is 0.338 e. The number of benzene rings is 3. The summed E-state index contributed by atoms with van der Waals surface area (Å²) in [5, 5.41) is 0. The molecule has 55 heavy (non-hydrogen) atoms. The van der Waals surface area contributed by atoms with Crippen LogP contribution in [-0.4, -0.2) is 82.1 Å². The fourth-order valence-corrected chi connectivity index (χ4v) is 5.61. The van der Waals surface area contributed by atoms with E-state index in [0.717, 1.165) is 38.5 Å². The van der Waals surface area contributed by atoms with Crippen LogP contribution >= 0.6 is 0 Å². The topological polar surface area (TPSA) is 110 Å². The van der Waals surface area contributed by atoms with E-state index in [1.165, 1.54) is 38.5 Å². The zero-order chi connectivity index (χ0) is 39.4. The molecule has 302 valence electrons. The Morgan fingerprint density at radius 2 is 0.655 bits per heavy atom. The summed E-state index contributed by atoms with van der Waals surface area (Å²) in [7, 11) is 0. The Hall–Kier alpha value is -4.57. The summed E-state index contributed by atoms with van der Waals surface area (Å²) < 4.78 is 34.1. The maximum atomic E-state index is 12.8. The van der Waals surface area contributed by atoms with E-state index in [2.05, 4.69) is 20.8 Å². The molecule has 0 atom stereocenters. The average Bonchev–Trinajstić information content (AvgIpc) is 3.21. The summed E-state index contributed by atoms with van der Waals surface area (Å²) in [6.07, 6.45) is 13.5. The lowest BCUT2D eigenvalue weighted by molar-refractivity contribution is 0.0331. The Morgan fingerprint density at radius 1 is 0.382 bits per heavy atom. The van der Waals surface area contributed by atoms with Gasteiger partial charge in [0.15, 0.2) is 0 Å². The molecule has 0 aromatic heterocycles. The number of unbranched alkanes of at least 4 members (excludes halogenated alkanes) is 9. The van der Waals surface area contributed by atoms with Gasteiger partial charge in [0.2, 0.25) is 0 Å². The van der Waals surface area contributed by atoms with Gasteiger partial charge < -0.3 is 28.4 Å². The van der Waals surface area contributed by atoms with Gasteiger partial charge in [-0.25, -0.2) is 14.4 Å². The fourth-order valence-electron chi connectivity index (χ4n) is 5.61. The number of hydrogen-bond donors (Lipinski definition) is 0. The van der Waals surface area contributed by atoms with E-state index in [1.54, 1.807) is 72.8 Å². The number of hydrogen-bond acceptors (Lipinski definition) is 10. The van der Waals surface area contributed by atoms with Crippen LogP contribution in [0.25, 0.3) is 0 Å². The molecule has 10 heteroatoms. The van der Waals surface area contributed by atoms with Crippen LogP contribution in [0.15, 0.2) is 72.8 Å². The zero-order valence-corrected chi connectivity index (χ0v) is 33.4. The number of carbonyl (C=O) groups is 3. The zero-order valence-electron chi connectivity index (χ0n) is 33.4. The number of ether oxygens (including phenoxy) is 6. The van der Waals surface area contributed by atoms with Crippen LogP contribution in [-0.2, 0) is 14.2 Å². The minimum Gasteiger partial charge on any atom is -0.494 e. The van der Waals surface area contributed by atoms with Gasteiger partial charge in [-0.1, -0.05) is 78.6 Å². The van der Waals surface area contributed by atoms with Gasteiger partial charge in [-0.05, 0) is 92.1 Å². The van der Waals surface area contributed by atoms with Gasteiger partial charge in [0, 0.05) is 19.6 Å². The third-order valence-electron chi connectivity index (χ3n) is 8.99. The van der Waals surface area contributed by atoms with Crippen molar-refractivity contribution in [3.63, 3.8) is 0 Å². The Bertz CT molecular complexity index is 1300. The molecule has 0 saturated carbocycles. The first-order valence-corrected chi connectivity index (χ1v) is 20.4. The molecular formula is C45H63NO9. The molecule has 0 aliphatic carbocycles. The van der Waals surface area contributed by atoms with E-state index in [0.29, 0.717) is 73.4 Å². The van der Waals surface area contributed by atoms with Crippen LogP contribution in [0.4, 0.5) is 0 Å². The lowest BCUT2D eigenvalue weighted by Crippen LogP contribution is -2.35. The van der Waals surface area contributed by atoms with E-state index in [9.17, 15) is 14.4 Å². The second-order valence-corrected chi connectivity index (χ2v) is 13.5. The van der Waals surface area contributed by atoms with Gasteiger partial charge in [0.25, 0.3) is 0 Å². The summed E-state index contributed by atoms with van der Waals surface area (Å²) in [6, 6.07) is 20.8. The van der Waals surface area contributed by atoms with E-state index in [1.807, 2.05) is 4.90 Å². The van der Waals surface area contributed by atoms with Crippen molar-refractivity contribution in [2.45, 2.75) is 97.8 Å². The lowest BCUT2D eigenvalue weighted by Gasteiger charge is -2.22. The molecule has 0 radical (unpaired) electrons. The minimum atomic E-state index is -0.450. The van der Waals surface area contributed by atoms with E-state index in [4.69, 9.17) is 28.4 Å². The summed E-state index contributed by atoms with van der Waals surface area (Å²) in [5.74, 6) is 0.796. The van der Waals surface area contributed by atoms with Crippen LogP contribution in [0.2, 0.25) is 0 Å². The van der Waals surface area contributed by atoms with Gasteiger partial charge in [-0.3, -0.25) is 4.90 Å². The molecule has 3 rings (SSSR count). The average molecular weight is 762 g/mol. The smallest absolute Gasteiger partial charge is 0.338 e. The molecule has 0 aliphatic rings. The van der Waals surface area contributed by atoms with Crippen molar-refractivity contribution in [1.82, 2.24) is 4.90 Å². The van der Waals surface area contributed by atoms with Crippen molar-refractivity contribution in [3.8, 4) is 17.2 Å². The second kappa shape index (κ2) is 27.9. The maximum absolute atomic E-state index is 12.8. The first kappa shape index (κ1) is 44.8. The lowest BCUT2D eigenvalue weighted by atomic mass is 10.2. The van der Waals surface area contributed by atoms with Gasteiger partial charge in [0.1, 0.15) is 37.1 Å². The highest BCUT2D eigenvalue weighted by molar-refractivity contribution is 5.90. The Kier molecular flexibility index (Phi) is 22.8. The van der Waals surface area contributed by atoms with Crippen molar-refractivity contribution in [1.29, 1.82) is 0 Å². The van der Waals surface area contributed by atoms with E-state index >= 15 is 0 Å².